The first-order valence-electron chi connectivity index (χ1n) is 11.5. The number of ether oxygens (including phenoxy) is 2. The molecule has 1 aliphatic heterocycles. The van der Waals surface area contributed by atoms with E-state index in [2.05, 4.69) is 5.32 Å². The van der Waals surface area contributed by atoms with Crippen LogP contribution in [0.3, 0.4) is 0 Å². The lowest BCUT2D eigenvalue weighted by molar-refractivity contribution is -0.277. The summed E-state index contributed by atoms with van der Waals surface area (Å²) in [4.78, 5) is 35.5. The topological polar surface area (TPSA) is 244 Å². The highest BCUT2D eigenvalue weighted by Crippen LogP contribution is 2.36. The molecule has 5 atom stereocenters. The third kappa shape index (κ3) is 7.22. The molecule has 1 heterocycles. The quantitative estimate of drug-likeness (QED) is 0.102. The number of rotatable bonds is 10. The fourth-order valence-electron chi connectivity index (χ4n) is 3.79. The van der Waals surface area contributed by atoms with Crippen molar-refractivity contribution < 1.29 is 64.7 Å². The zero-order valence-corrected chi connectivity index (χ0v) is 20.2. The summed E-state index contributed by atoms with van der Waals surface area (Å²) in [5.74, 6) is -4.73. The van der Waals surface area contributed by atoms with Crippen LogP contribution in [0.5, 0.6) is 23.0 Å². The second-order valence-corrected chi connectivity index (χ2v) is 8.59. The third-order valence-corrected chi connectivity index (χ3v) is 5.77. The molecule has 1 aliphatic rings. The molecule has 1 fully saturated rings. The van der Waals surface area contributed by atoms with Gasteiger partial charge in [0.25, 0.3) is 0 Å². The minimum Gasteiger partial charge on any atom is -0.508 e. The number of ketones is 1. The largest absolute Gasteiger partial charge is 0.508 e. The summed E-state index contributed by atoms with van der Waals surface area (Å²) in [6.45, 7) is -0.729. The molecular formula is C25H27NO13. The predicted molar refractivity (Wildman–Crippen MR) is 130 cm³/mol. The Morgan fingerprint density at radius 2 is 1.67 bits per heavy atom. The molecule has 9 N–H and O–H groups in total. The number of benzene rings is 2. The third-order valence-electron chi connectivity index (χ3n) is 5.77. The minimum absolute atomic E-state index is 0.0345. The molecule has 3 rings (SSSR count). The lowest BCUT2D eigenvalue weighted by Gasteiger charge is -2.39. The summed E-state index contributed by atoms with van der Waals surface area (Å²) in [6, 6.07) is 5.92. The SMILES string of the molecule is O=C(O)/C=C/C(=O)Nc1cc(CCC(=O)c2c(O)cc(O)cc2O[C@H]2O[C@@H](CO)[C@@H](O)[C@@H](O)[C@@H]2O)ccc1O. The number of amides is 1. The predicted octanol–water partition coefficient (Wildman–Crippen LogP) is -0.623. The molecule has 0 saturated carbocycles. The van der Waals surface area contributed by atoms with Gasteiger partial charge in [0.1, 0.15) is 53.0 Å². The van der Waals surface area contributed by atoms with Crippen LogP contribution in [0.1, 0.15) is 22.3 Å². The van der Waals surface area contributed by atoms with Gasteiger partial charge >= 0.3 is 5.97 Å². The summed E-state index contributed by atoms with van der Waals surface area (Å²) in [6.07, 6.45) is -7.08. The monoisotopic (exact) mass is 549 g/mol. The summed E-state index contributed by atoms with van der Waals surface area (Å²) in [5.41, 5.74) is 0.0308. The number of anilines is 1. The van der Waals surface area contributed by atoms with E-state index >= 15 is 0 Å². The van der Waals surface area contributed by atoms with Crippen LogP contribution in [0.15, 0.2) is 42.5 Å². The summed E-state index contributed by atoms with van der Waals surface area (Å²) >= 11 is 0. The molecule has 2 aromatic carbocycles. The van der Waals surface area contributed by atoms with Gasteiger partial charge in [0.15, 0.2) is 5.78 Å². The van der Waals surface area contributed by atoms with Crippen LogP contribution in [0.2, 0.25) is 0 Å². The molecule has 0 radical (unpaired) electrons. The summed E-state index contributed by atoms with van der Waals surface area (Å²) in [5, 5.41) is 80.7. The molecule has 0 aromatic heterocycles. The van der Waals surface area contributed by atoms with E-state index in [9.17, 15) is 50.1 Å². The number of aliphatic hydroxyl groups excluding tert-OH is 4. The zero-order valence-electron chi connectivity index (χ0n) is 20.2. The van der Waals surface area contributed by atoms with Crippen molar-refractivity contribution in [2.75, 3.05) is 11.9 Å². The number of hydrogen-bond donors (Lipinski definition) is 9. The van der Waals surface area contributed by atoms with Gasteiger partial charge in [0.05, 0.1) is 12.3 Å². The maximum Gasteiger partial charge on any atom is 0.328 e. The van der Waals surface area contributed by atoms with Crippen molar-refractivity contribution in [3.05, 3.63) is 53.6 Å². The maximum absolute atomic E-state index is 13.1. The average molecular weight is 549 g/mol. The number of phenolic OH excluding ortho intramolecular Hbond substituents is 3. The lowest BCUT2D eigenvalue weighted by atomic mass is 9.98. The number of hydrogen-bond acceptors (Lipinski definition) is 12. The highest BCUT2D eigenvalue weighted by atomic mass is 16.7. The number of aliphatic carboxylic acids is 1. The molecule has 39 heavy (non-hydrogen) atoms. The Morgan fingerprint density at radius 1 is 0.949 bits per heavy atom. The van der Waals surface area contributed by atoms with Crippen molar-refractivity contribution in [1.82, 2.24) is 0 Å². The number of carbonyl (C=O) groups is 3. The Balaban J connectivity index is 1.78. The van der Waals surface area contributed by atoms with E-state index in [0.717, 1.165) is 18.2 Å². The van der Waals surface area contributed by atoms with E-state index in [1.807, 2.05) is 0 Å². The Kier molecular flexibility index (Phi) is 9.45. The first kappa shape index (κ1) is 29.3. The second kappa shape index (κ2) is 12.6. The lowest BCUT2D eigenvalue weighted by Crippen LogP contribution is -2.60. The van der Waals surface area contributed by atoms with Crippen LogP contribution in [-0.4, -0.2) is 95.8 Å². The Hall–Kier alpha value is -4.21. The van der Waals surface area contributed by atoms with Gasteiger partial charge in [0, 0.05) is 30.7 Å². The number of Topliss-reactive ketones (excluding diaryl/α,β-unsaturated/α-hetero) is 1. The molecule has 0 spiro atoms. The van der Waals surface area contributed by atoms with Crippen molar-refractivity contribution in [1.29, 1.82) is 0 Å². The van der Waals surface area contributed by atoms with E-state index < -0.39 is 77.8 Å². The fraction of sp³-hybridized carbons (Fsp3) is 0.320. The normalized spacial score (nSPS) is 22.9. The number of aryl methyl sites for hydroxylation is 1. The molecular weight excluding hydrogens is 522 g/mol. The standard InChI is InChI=1S/C25H27NO13/c27-10-18-22(35)23(36)24(37)25(39-18)38-17-9-12(28)8-16(31)21(17)15(30)4-2-11-1-3-14(29)13(7-11)26-19(32)5-6-20(33)34/h1,3,5-9,18,22-25,27-29,31,35-37H,2,4,10H2,(H,26,32)(H,33,34)/b6-5+/t18-,22+,23+,24-,25-/m0/s1. The average Bonchev–Trinajstić information content (AvgIpc) is 2.87. The molecule has 0 bridgehead atoms. The molecule has 0 aliphatic carbocycles. The number of aliphatic hydroxyl groups is 4. The zero-order chi connectivity index (χ0) is 28.9. The summed E-state index contributed by atoms with van der Waals surface area (Å²) in [7, 11) is 0. The smallest absolute Gasteiger partial charge is 0.328 e. The van der Waals surface area contributed by atoms with E-state index in [1.54, 1.807) is 0 Å². The first-order valence-corrected chi connectivity index (χ1v) is 11.5. The molecule has 1 saturated heterocycles. The van der Waals surface area contributed by atoms with E-state index in [-0.39, 0.29) is 24.3 Å². The first-order chi connectivity index (χ1) is 18.4. The van der Waals surface area contributed by atoms with E-state index in [4.69, 9.17) is 14.6 Å². The van der Waals surface area contributed by atoms with Gasteiger partial charge in [-0.3, -0.25) is 9.59 Å². The maximum atomic E-state index is 13.1. The van der Waals surface area contributed by atoms with Crippen molar-refractivity contribution in [3.8, 4) is 23.0 Å². The highest BCUT2D eigenvalue weighted by Gasteiger charge is 2.45. The van der Waals surface area contributed by atoms with Gasteiger partial charge < -0.3 is 55.6 Å². The van der Waals surface area contributed by atoms with Crippen molar-refractivity contribution in [2.45, 2.75) is 43.5 Å². The number of nitrogens with one attached hydrogen (secondary N) is 1. The van der Waals surface area contributed by atoms with Crippen LogP contribution >= 0.6 is 0 Å². The summed E-state index contributed by atoms with van der Waals surface area (Å²) < 4.78 is 10.7. The molecule has 14 nitrogen and oxygen atoms in total. The molecule has 1 amide bonds. The highest BCUT2D eigenvalue weighted by molar-refractivity contribution is 6.03. The minimum atomic E-state index is -1.81. The van der Waals surface area contributed by atoms with Crippen molar-refractivity contribution in [3.63, 3.8) is 0 Å². The number of carbonyl (C=O) groups excluding carboxylic acids is 2. The Labute approximate surface area is 220 Å². The molecule has 2 aromatic rings. The van der Waals surface area contributed by atoms with E-state index in [1.165, 1.54) is 18.2 Å². The number of carboxylic acid groups (broad SMARTS) is 1. The van der Waals surface area contributed by atoms with Crippen LogP contribution in [0, 0.1) is 0 Å². The molecule has 14 heteroatoms. The van der Waals surface area contributed by atoms with E-state index in [0.29, 0.717) is 11.6 Å². The Morgan fingerprint density at radius 3 is 2.33 bits per heavy atom. The number of phenols is 3. The van der Waals surface area contributed by atoms with Gasteiger partial charge in [-0.2, -0.15) is 0 Å². The van der Waals surface area contributed by atoms with Gasteiger partial charge in [-0.15, -0.1) is 0 Å². The molecule has 0 unspecified atom stereocenters. The van der Waals surface area contributed by atoms with Gasteiger partial charge in [-0.25, -0.2) is 4.79 Å². The Bertz CT molecular complexity index is 1260. The molecule has 210 valence electrons. The van der Waals surface area contributed by atoms with Crippen molar-refractivity contribution in [2.24, 2.45) is 0 Å². The van der Waals surface area contributed by atoms with Gasteiger partial charge in [-0.05, 0) is 24.1 Å². The van der Waals surface area contributed by atoms with Gasteiger partial charge in [0.2, 0.25) is 12.2 Å². The second-order valence-electron chi connectivity index (χ2n) is 8.59. The van der Waals surface area contributed by atoms with Crippen LogP contribution in [0.4, 0.5) is 5.69 Å². The van der Waals surface area contributed by atoms with Crippen LogP contribution in [0.25, 0.3) is 0 Å². The van der Waals surface area contributed by atoms with Crippen LogP contribution < -0.4 is 10.1 Å². The number of carboxylic acids is 1. The van der Waals surface area contributed by atoms with Gasteiger partial charge in [-0.1, -0.05) is 6.07 Å². The van der Waals surface area contributed by atoms with Crippen molar-refractivity contribution >= 4 is 23.3 Å². The number of aromatic hydroxyl groups is 3. The van der Waals surface area contributed by atoms with Crippen LogP contribution in [-0.2, 0) is 20.7 Å². The fourth-order valence-corrected chi connectivity index (χ4v) is 3.79.